The van der Waals surface area contributed by atoms with Gasteiger partial charge in [-0.05, 0) is 60.2 Å². The van der Waals surface area contributed by atoms with Crippen molar-refractivity contribution >= 4 is 10.0 Å². The Balaban J connectivity index is 1.85. The molecule has 0 radical (unpaired) electrons. The molecule has 30 heavy (non-hydrogen) atoms. The van der Waals surface area contributed by atoms with Gasteiger partial charge in [-0.15, -0.1) is 0 Å². The summed E-state index contributed by atoms with van der Waals surface area (Å²) in [6, 6.07) is 15.1. The molecule has 5 nitrogen and oxygen atoms in total. The van der Waals surface area contributed by atoms with Gasteiger partial charge in [0.2, 0.25) is 10.0 Å². The Labute approximate surface area is 178 Å². The molecule has 0 aliphatic heterocycles. The first-order valence-corrected chi connectivity index (χ1v) is 11.5. The van der Waals surface area contributed by atoms with Crippen molar-refractivity contribution < 1.29 is 12.8 Å². The molecule has 7 heteroatoms. The zero-order valence-electron chi connectivity index (χ0n) is 17.6. The summed E-state index contributed by atoms with van der Waals surface area (Å²) in [5.41, 5.74) is 2.80. The molecule has 0 saturated carbocycles. The van der Waals surface area contributed by atoms with E-state index < -0.39 is 10.0 Å². The van der Waals surface area contributed by atoms with Gasteiger partial charge >= 0.3 is 0 Å². The third-order valence-electron chi connectivity index (χ3n) is 5.03. The normalized spacial score (nSPS) is 12.1. The standard InChI is InChI=1S/C23H28FN3O2S/c1-18(2)16-20-6-10-23(11-7-20)30(28,29)27(17-22-12-14-25-26(22)3)15-13-19-4-8-21(24)9-5-19/h4-12,14,18H,13,15-17H2,1-3H3. The number of aromatic nitrogens is 2. The highest BCUT2D eigenvalue weighted by molar-refractivity contribution is 7.89. The molecule has 0 fully saturated rings. The number of aryl methyl sites for hydroxylation is 1. The van der Waals surface area contributed by atoms with Crippen LogP contribution in [0.1, 0.15) is 30.7 Å². The van der Waals surface area contributed by atoms with E-state index in [4.69, 9.17) is 0 Å². The fourth-order valence-corrected chi connectivity index (χ4v) is 4.76. The molecule has 3 rings (SSSR count). The lowest BCUT2D eigenvalue weighted by atomic mass is 10.0. The Morgan fingerprint density at radius 2 is 1.63 bits per heavy atom. The van der Waals surface area contributed by atoms with E-state index >= 15 is 0 Å². The number of halogens is 1. The molecular formula is C23H28FN3O2S. The largest absolute Gasteiger partial charge is 0.271 e. The van der Waals surface area contributed by atoms with Crippen molar-refractivity contribution in [2.24, 2.45) is 13.0 Å². The van der Waals surface area contributed by atoms with Gasteiger partial charge in [0.05, 0.1) is 17.1 Å². The van der Waals surface area contributed by atoms with Gasteiger partial charge in [-0.25, -0.2) is 12.8 Å². The van der Waals surface area contributed by atoms with Crippen molar-refractivity contribution in [2.45, 2.75) is 38.1 Å². The molecule has 0 atom stereocenters. The van der Waals surface area contributed by atoms with E-state index in [1.807, 2.05) is 18.2 Å². The minimum absolute atomic E-state index is 0.216. The molecule has 0 N–H and O–H groups in total. The molecule has 160 valence electrons. The van der Waals surface area contributed by atoms with E-state index in [-0.39, 0.29) is 23.8 Å². The monoisotopic (exact) mass is 429 g/mol. The lowest BCUT2D eigenvalue weighted by molar-refractivity contribution is 0.398. The highest BCUT2D eigenvalue weighted by atomic mass is 32.2. The lowest BCUT2D eigenvalue weighted by Crippen LogP contribution is -2.33. The Hall–Kier alpha value is -2.51. The molecule has 0 amide bonds. The molecule has 1 heterocycles. The number of hydrogen-bond donors (Lipinski definition) is 0. The third kappa shape index (κ3) is 5.55. The highest BCUT2D eigenvalue weighted by Crippen LogP contribution is 2.21. The first-order chi connectivity index (χ1) is 14.3. The Morgan fingerprint density at radius 1 is 1.00 bits per heavy atom. The predicted octanol–water partition coefficient (Wildman–Crippen LogP) is 4.19. The van der Waals surface area contributed by atoms with Crippen LogP contribution in [0.3, 0.4) is 0 Å². The summed E-state index contributed by atoms with van der Waals surface area (Å²) in [6.07, 6.45) is 3.05. The van der Waals surface area contributed by atoms with Crippen LogP contribution in [0.2, 0.25) is 0 Å². The molecular weight excluding hydrogens is 401 g/mol. The quantitative estimate of drug-likeness (QED) is 0.512. The summed E-state index contributed by atoms with van der Waals surface area (Å²) in [5.74, 6) is 0.198. The molecule has 0 saturated heterocycles. The van der Waals surface area contributed by atoms with Crippen molar-refractivity contribution in [3.8, 4) is 0 Å². The molecule has 0 spiro atoms. The van der Waals surface area contributed by atoms with Gasteiger partial charge in [0.25, 0.3) is 0 Å². The van der Waals surface area contributed by atoms with Crippen LogP contribution in [0.4, 0.5) is 4.39 Å². The number of sulfonamides is 1. The number of hydrogen-bond acceptors (Lipinski definition) is 3. The topological polar surface area (TPSA) is 55.2 Å². The smallest absolute Gasteiger partial charge is 0.243 e. The fourth-order valence-electron chi connectivity index (χ4n) is 3.34. The Bertz CT molecular complexity index is 1060. The van der Waals surface area contributed by atoms with E-state index in [1.165, 1.54) is 16.4 Å². The van der Waals surface area contributed by atoms with Gasteiger partial charge in [0.15, 0.2) is 0 Å². The molecule has 0 aliphatic rings. The molecule has 0 unspecified atom stereocenters. The summed E-state index contributed by atoms with van der Waals surface area (Å²) >= 11 is 0. The van der Waals surface area contributed by atoms with Crippen LogP contribution in [-0.2, 0) is 36.5 Å². The van der Waals surface area contributed by atoms with Gasteiger partial charge in [-0.3, -0.25) is 4.68 Å². The first kappa shape index (κ1) is 22.2. The predicted molar refractivity (Wildman–Crippen MR) is 116 cm³/mol. The van der Waals surface area contributed by atoms with Crippen molar-refractivity contribution in [3.05, 3.63) is 83.4 Å². The van der Waals surface area contributed by atoms with Crippen LogP contribution in [-0.4, -0.2) is 29.0 Å². The van der Waals surface area contributed by atoms with Crippen molar-refractivity contribution in [3.63, 3.8) is 0 Å². The van der Waals surface area contributed by atoms with Crippen molar-refractivity contribution in [2.75, 3.05) is 6.54 Å². The number of rotatable bonds is 9. The van der Waals surface area contributed by atoms with Crippen LogP contribution >= 0.6 is 0 Å². The van der Waals surface area contributed by atoms with Gasteiger partial charge in [-0.1, -0.05) is 38.1 Å². The minimum Gasteiger partial charge on any atom is -0.271 e. The average molecular weight is 430 g/mol. The maximum atomic E-state index is 13.4. The maximum absolute atomic E-state index is 13.4. The first-order valence-electron chi connectivity index (χ1n) is 10.1. The van der Waals surface area contributed by atoms with Crippen molar-refractivity contribution in [1.29, 1.82) is 0 Å². The van der Waals surface area contributed by atoms with Crippen LogP contribution in [0.5, 0.6) is 0 Å². The number of benzene rings is 2. The Morgan fingerprint density at radius 3 is 2.20 bits per heavy atom. The van der Waals surface area contributed by atoms with E-state index in [9.17, 15) is 12.8 Å². The second kappa shape index (κ2) is 9.53. The summed E-state index contributed by atoms with van der Waals surface area (Å²) in [5, 5.41) is 4.15. The highest BCUT2D eigenvalue weighted by Gasteiger charge is 2.25. The summed E-state index contributed by atoms with van der Waals surface area (Å²) in [4.78, 5) is 0.274. The summed E-state index contributed by atoms with van der Waals surface area (Å²) in [7, 11) is -1.91. The van der Waals surface area contributed by atoms with Gasteiger partial charge < -0.3 is 0 Å². The second-order valence-electron chi connectivity index (χ2n) is 7.90. The van der Waals surface area contributed by atoms with Crippen LogP contribution in [0, 0.1) is 11.7 Å². The zero-order chi connectivity index (χ0) is 21.7. The molecule has 2 aromatic carbocycles. The Kier molecular flexibility index (Phi) is 7.05. The lowest BCUT2D eigenvalue weighted by Gasteiger charge is -2.22. The third-order valence-corrected chi connectivity index (χ3v) is 6.89. The fraction of sp³-hybridized carbons (Fsp3) is 0.348. The maximum Gasteiger partial charge on any atom is 0.243 e. The molecule has 0 bridgehead atoms. The summed E-state index contributed by atoms with van der Waals surface area (Å²) in [6.45, 7) is 4.77. The van der Waals surface area contributed by atoms with Gasteiger partial charge in [0, 0.05) is 19.8 Å². The average Bonchev–Trinajstić information content (AvgIpc) is 3.11. The van der Waals surface area contributed by atoms with Gasteiger partial charge in [0.1, 0.15) is 5.82 Å². The molecule has 3 aromatic rings. The SMILES string of the molecule is CC(C)Cc1ccc(S(=O)(=O)N(CCc2ccc(F)cc2)Cc2ccnn2C)cc1. The van der Waals surface area contributed by atoms with Crippen LogP contribution in [0.25, 0.3) is 0 Å². The van der Waals surface area contributed by atoms with E-state index in [2.05, 4.69) is 18.9 Å². The van der Waals surface area contributed by atoms with Crippen LogP contribution < -0.4 is 0 Å². The zero-order valence-corrected chi connectivity index (χ0v) is 18.4. The second-order valence-corrected chi connectivity index (χ2v) is 9.84. The summed E-state index contributed by atoms with van der Waals surface area (Å²) < 4.78 is 43.2. The van der Waals surface area contributed by atoms with E-state index in [1.54, 1.807) is 42.2 Å². The minimum atomic E-state index is -3.70. The van der Waals surface area contributed by atoms with E-state index in [0.717, 1.165) is 23.2 Å². The van der Waals surface area contributed by atoms with Gasteiger partial charge in [-0.2, -0.15) is 9.40 Å². The van der Waals surface area contributed by atoms with E-state index in [0.29, 0.717) is 12.3 Å². The van der Waals surface area contributed by atoms with Crippen molar-refractivity contribution in [1.82, 2.24) is 14.1 Å². The van der Waals surface area contributed by atoms with Crippen LogP contribution in [0.15, 0.2) is 65.7 Å². The molecule has 0 aliphatic carbocycles. The number of nitrogens with zero attached hydrogens (tertiary/aromatic N) is 3. The molecule has 1 aromatic heterocycles.